The average molecular weight is 695 g/mol. The molecule has 1 aromatic rings. The summed E-state index contributed by atoms with van der Waals surface area (Å²) in [5, 5.41) is 38.2. The molecule has 5 rings (SSSR count). The summed E-state index contributed by atoms with van der Waals surface area (Å²) in [5.41, 5.74) is -1.56. The minimum Gasteiger partial charge on any atom is -0.479 e. The van der Waals surface area contributed by atoms with Crippen LogP contribution in [0.4, 0.5) is 0 Å². The number of hydrogen-bond donors (Lipinski definition) is 5. The molecule has 2 amide bonds. The number of carbonyl (C=O) groups excluding carboxylic acids is 5. The molecule has 4 aliphatic carbocycles. The molecule has 0 bridgehead atoms. The van der Waals surface area contributed by atoms with E-state index in [9.17, 15) is 44.1 Å². The summed E-state index contributed by atoms with van der Waals surface area (Å²) < 4.78 is 5.24. The highest BCUT2D eigenvalue weighted by molar-refractivity contribution is 5.93. The van der Waals surface area contributed by atoms with E-state index in [0.29, 0.717) is 24.8 Å². The van der Waals surface area contributed by atoms with Crippen LogP contribution in [0.15, 0.2) is 42.0 Å². The summed E-state index contributed by atoms with van der Waals surface area (Å²) in [6.07, 6.45) is 3.91. The van der Waals surface area contributed by atoms with Crippen LogP contribution in [0, 0.1) is 34.5 Å². The Balaban J connectivity index is 1.14. The minimum absolute atomic E-state index is 0.0233. The average Bonchev–Trinajstić information content (AvgIpc) is 3.34. The van der Waals surface area contributed by atoms with E-state index >= 15 is 0 Å². The zero-order valence-corrected chi connectivity index (χ0v) is 29.3. The Hall–Kier alpha value is -3.90. The Morgan fingerprint density at radius 2 is 1.68 bits per heavy atom. The normalized spacial score (nSPS) is 32.8. The highest BCUT2D eigenvalue weighted by Crippen LogP contribution is 2.67. The van der Waals surface area contributed by atoms with Gasteiger partial charge in [0.05, 0.1) is 12.5 Å². The molecule has 0 radical (unpaired) electrons. The maximum Gasteiger partial charge on any atom is 0.330 e. The largest absolute Gasteiger partial charge is 0.479 e. The number of carboxylic acids is 1. The van der Waals surface area contributed by atoms with Gasteiger partial charge in [-0.3, -0.25) is 24.0 Å². The molecule has 50 heavy (non-hydrogen) atoms. The molecule has 1 aromatic carbocycles. The number of fused-ring (bicyclic) bond motifs is 5. The Morgan fingerprint density at radius 3 is 2.34 bits per heavy atom. The van der Waals surface area contributed by atoms with Crippen LogP contribution >= 0.6 is 0 Å². The van der Waals surface area contributed by atoms with Crippen molar-refractivity contribution < 1.29 is 48.8 Å². The van der Waals surface area contributed by atoms with Crippen LogP contribution in [0.2, 0.25) is 0 Å². The molecule has 0 aliphatic heterocycles. The molecule has 0 saturated heterocycles. The van der Waals surface area contributed by atoms with Crippen LogP contribution in [0.1, 0.15) is 97.1 Å². The molecule has 3 fully saturated rings. The van der Waals surface area contributed by atoms with E-state index in [2.05, 4.69) is 17.6 Å². The number of benzene rings is 1. The Morgan fingerprint density at radius 1 is 0.980 bits per heavy atom. The van der Waals surface area contributed by atoms with E-state index in [-0.39, 0.29) is 54.6 Å². The SMILES string of the molecule is CC(C)[C@@H](NC(=O)CCC(=O)OCC(=O)[C@@]1(O)CC[C@H]2[C@@H]3CCC4=CC(=O)CC[C@]4(C)[C@H]3[C@@H](O)C[C@@]21C)C(=O)N[C@@H](C(=O)O)c1ccccc1. The van der Waals surface area contributed by atoms with Crippen molar-refractivity contribution in [2.24, 2.45) is 34.5 Å². The summed E-state index contributed by atoms with van der Waals surface area (Å²) in [5.74, 6) is -4.35. The third-order valence-corrected chi connectivity index (χ3v) is 12.4. The molecule has 12 heteroatoms. The van der Waals surface area contributed by atoms with Crippen LogP contribution in [0.3, 0.4) is 0 Å². The number of hydrogen-bond acceptors (Lipinski definition) is 9. The molecule has 3 saturated carbocycles. The monoisotopic (exact) mass is 694 g/mol. The second kappa shape index (κ2) is 14.4. The number of Topliss-reactive ketones (excluding diaryl/α,β-unsaturated/α-hetero) is 1. The zero-order chi connectivity index (χ0) is 36.6. The van der Waals surface area contributed by atoms with Crippen molar-refractivity contribution in [2.45, 2.75) is 109 Å². The quantitative estimate of drug-likeness (QED) is 0.203. The van der Waals surface area contributed by atoms with Crippen molar-refractivity contribution in [3.05, 3.63) is 47.5 Å². The molecule has 272 valence electrons. The topological polar surface area (TPSA) is 196 Å². The highest BCUT2D eigenvalue weighted by atomic mass is 16.5. The molecule has 0 heterocycles. The lowest BCUT2D eigenvalue weighted by atomic mass is 9.45. The number of esters is 1. The van der Waals surface area contributed by atoms with Gasteiger partial charge in [0.25, 0.3) is 0 Å². The molecule has 0 unspecified atom stereocenters. The number of aliphatic hydroxyl groups is 2. The van der Waals surface area contributed by atoms with Gasteiger partial charge in [0.15, 0.2) is 18.4 Å². The first-order chi connectivity index (χ1) is 23.5. The molecule has 0 aromatic heterocycles. The summed E-state index contributed by atoms with van der Waals surface area (Å²) in [4.78, 5) is 76.0. The van der Waals surface area contributed by atoms with Gasteiger partial charge in [-0.05, 0) is 79.3 Å². The summed E-state index contributed by atoms with van der Waals surface area (Å²) in [7, 11) is 0. The standard InChI is InChI=1S/C38H50N2O10/c1-21(2)32(34(46)40-33(35(47)48)22-8-6-5-7-9-22)39-29(44)12-13-30(45)50-20-28(43)38(49)17-15-26-25-11-10-23-18-24(41)14-16-36(23,3)31(25)27(42)19-37(26,38)4/h5-9,18,21,25-27,31-33,42,49H,10-17,19-20H2,1-4H3,(H,39,44)(H,40,46)(H,47,48)/t25-,26-,27-,31+,32+,33+,36-,37-,38-/m0/s1. The molecule has 4 aliphatic rings. The van der Waals surface area contributed by atoms with Crippen LogP contribution in [-0.2, 0) is 33.5 Å². The van der Waals surface area contributed by atoms with Gasteiger partial charge in [0.1, 0.15) is 11.6 Å². The molecule has 9 atom stereocenters. The molecule has 12 nitrogen and oxygen atoms in total. The molecule has 5 N–H and O–H groups in total. The number of rotatable bonds is 12. The fraction of sp³-hybridized carbons (Fsp3) is 0.632. The Kier molecular flexibility index (Phi) is 10.7. The van der Waals surface area contributed by atoms with Crippen LogP contribution in [0.5, 0.6) is 0 Å². The molecular formula is C38H50N2O10. The Bertz CT molecular complexity index is 1560. The van der Waals surface area contributed by atoms with Crippen molar-refractivity contribution >= 4 is 35.3 Å². The fourth-order valence-electron chi connectivity index (χ4n) is 9.65. The summed E-state index contributed by atoms with van der Waals surface area (Å²) in [6.45, 7) is 6.69. The van der Waals surface area contributed by atoms with E-state index in [4.69, 9.17) is 4.74 Å². The van der Waals surface area contributed by atoms with Crippen molar-refractivity contribution in [3.63, 3.8) is 0 Å². The fourth-order valence-corrected chi connectivity index (χ4v) is 9.65. The number of ether oxygens (including phenoxy) is 1. The lowest BCUT2D eigenvalue weighted by Gasteiger charge is -2.60. The Labute approximate surface area is 292 Å². The van der Waals surface area contributed by atoms with Gasteiger partial charge in [0, 0.05) is 18.3 Å². The first-order valence-corrected chi connectivity index (χ1v) is 17.7. The lowest BCUT2D eigenvalue weighted by Crippen LogP contribution is -2.62. The third kappa shape index (κ3) is 6.88. The van der Waals surface area contributed by atoms with E-state index in [1.54, 1.807) is 50.3 Å². The van der Waals surface area contributed by atoms with E-state index in [1.165, 1.54) is 0 Å². The van der Waals surface area contributed by atoms with Gasteiger partial charge in [0.2, 0.25) is 17.6 Å². The predicted molar refractivity (Wildman–Crippen MR) is 180 cm³/mol. The summed E-state index contributed by atoms with van der Waals surface area (Å²) in [6, 6.07) is 5.77. The number of aliphatic hydroxyl groups excluding tert-OH is 1. The van der Waals surface area contributed by atoms with E-state index in [1.807, 2.05) is 6.92 Å². The number of carboxylic acid groups (broad SMARTS) is 1. The zero-order valence-electron chi connectivity index (χ0n) is 29.3. The van der Waals surface area contributed by atoms with Crippen molar-refractivity contribution in [1.82, 2.24) is 10.6 Å². The van der Waals surface area contributed by atoms with Gasteiger partial charge >= 0.3 is 11.9 Å². The first-order valence-electron chi connectivity index (χ1n) is 17.7. The lowest BCUT2D eigenvalue weighted by molar-refractivity contribution is -0.184. The number of ketones is 2. The van der Waals surface area contributed by atoms with Crippen molar-refractivity contribution in [1.29, 1.82) is 0 Å². The van der Waals surface area contributed by atoms with Crippen LogP contribution < -0.4 is 10.6 Å². The number of nitrogens with one attached hydrogen (secondary N) is 2. The van der Waals surface area contributed by atoms with Gasteiger partial charge in [-0.1, -0.05) is 63.6 Å². The third-order valence-electron chi connectivity index (χ3n) is 12.4. The maximum atomic E-state index is 13.6. The van der Waals surface area contributed by atoms with Gasteiger partial charge < -0.3 is 30.7 Å². The second-order valence-corrected chi connectivity index (χ2v) is 15.5. The number of amides is 2. The van der Waals surface area contributed by atoms with Crippen LogP contribution in [0.25, 0.3) is 0 Å². The number of carbonyl (C=O) groups is 6. The maximum absolute atomic E-state index is 13.6. The van der Waals surface area contributed by atoms with Gasteiger partial charge in [-0.15, -0.1) is 0 Å². The molecular weight excluding hydrogens is 644 g/mol. The van der Waals surface area contributed by atoms with Crippen molar-refractivity contribution in [2.75, 3.05) is 6.61 Å². The van der Waals surface area contributed by atoms with E-state index in [0.717, 1.165) is 18.4 Å². The van der Waals surface area contributed by atoms with Crippen molar-refractivity contribution in [3.8, 4) is 0 Å². The molecule has 0 spiro atoms. The second-order valence-electron chi connectivity index (χ2n) is 15.5. The van der Waals surface area contributed by atoms with Gasteiger partial charge in [-0.2, -0.15) is 0 Å². The number of allylic oxidation sites excluding steroid dienone is 1. The minimum atomic E-state index is -1.80. The van der Waals surface area contributed by atoms with Gasteiger partial charge in [-0.25, -0.2) is 4.79 Å². The first kappa shape index (κ1) is 37.4. The summed E-state index contributed by atoms with van der Waals surface area (Å²) >= 11 is 0. The highest BCUT2D eigenvalue weighted by Gasteiger charge is 2.68. The predicted octanol–water partition coefficient (Wildman–Crippen LogP) is 3.20. The van der Waals surface area contributed by atoms with E-state index < -0.39 is 71.3 Å². The smallest absolute Gasteiger partial charge is 0.330 e. The van der Waals surface area contributed by atoms with Crippen LogP contribution in [-0.4, -0.2) is 75.0 Å². The number of aliphatic carboxylic acids is 1.